The summed E-state index contributed by atoms with van der Waals surface area (Å²) >= 11 is 5.26. The summed E-state index contributed by atoms with van der Waals surface area (Å²) in [6.45, 7) is 0.605. The number of para-hydroxylation sites is 1. The number of hydrogen-bond donors (Lipinski definition) is 1. The van der Waals surface area contributed by atoms with Gasteiger partial charge in [0.2, 0.25) is 0 Å². The lowest BCUT2D eigenvalue weighted by Crippen LogP contribution is -2.47. The highest BCUT2D eigenvalue weighted by molar-refractivity contribution is 9.10. The maximum atomic E-state index is 4.50. The molecule has 0 radical (unpaired) electrons. The Kier molecular flexibility index (Phi) is 3.96. The molecule has 8 heteroatoms. The Morgan fingerprint density at radius 2 is 2.17 bits per heavy atom. The predicted molar refractivity (Wildman–Crippen MR) is 91.3 cm³/mol. The van der Waals surface area contributed by atoms with Gasteiger partial charge in [-0.1, -0.05) is 12.1 Å². The summed E-state index contributed by atoms with van der Waals surface area (Å²) in [5.41, 5.74) is 0.921. The van der Waals surface area contributed by atoms with E-state index < -0.39 is 0 Å². The fraction of sp³-hybridized carbons (Fsp3) is 0.333. The fourth-order valence-corrected chi connectivity index (χ4v) is 4.16. The molecule has 2 heterocycles. The SMILES string of the molecule is Brc1ccccc1-n1nnnc1CNC1(c2nccs2)CCC1. The zero-order valence-electron chi connectivity index (χ0n) is 12.3. The van der Waals surface area contributed by atoms with E-state index in [1.807, 2.05) is 35.8 Å². The van der Waals surface area contributed by atoms with Crippen molar-refractivity contribution in [3.05, 3.63) is 51.1 Å². The standard InChI is InChI=1S/C15H15BrN6S/c16-11-4-1-2-5-12(11)22-13(19-20-21-22)10-18-15(6-3-7-15)14-17-8-9-23-14/h1-2,4-5,8-9,18H,3,6-7,10H2. The van der Waals surface area contributed by atoms with E-state index in [1.165, 1.54) is 6.42 Å². The van der Waals surface area contributed by atoms with Crippen LogP contribution in [0.25, 0.3) is 5.69 Å². The lowest BCUT2D eigenvalue weighted by Gasteiger charge is -2.40. The number of hydrogen-bond acceptors (Lipinski definition) is 6. The molecule has 6 nitrogen and oxygen atoms in total. The molecule has 0 unspecified atom stereocenters. The van der Waals surface area contributed by atoms with E-state index in [9.17, 15) is 0 Å². The van der Waals surface area contributed by atoms with E-state index in [-0.39, 0.29) is 5.54 Å². The van der Waals surface area contributed by atoms with Crippen molar-refractivity contribution < 1.29 is 0 Å². The third-order valence-electron chi connectivity index (χ3n) is 4.25. The number of benzene rings is 1. The van der Waals surface area contributed by atoms with Gasteiger partial charge in [-0.25, -0.2) is 4.98 Å². The molecule has 0 spiro atoms. The molecule has 118 valence electrons. The third-order valence-corrected chi connectivity index (χ3v) is 5.90. The number of halogens is 1. The smallest absolute Gasteiger partial charge is 0.170 e. The van der Waals surface area contributed by atoms with Crippen LogP contribution >= 0.6 is 27.3 Å². The van der Waals surface area contributed by atoms with E-state index in [0.29, 0.717) is 6.54 Å². The van der Waals surface area contributed by atoms with E-state index >= 15 is 0 Å². The topological polar surface area (TPSA) is 68.5 Å². The monoisotopic (exact) mass is 390 g/mol. The number of nitrogens with one attached hydrogen (secondary N) is 1. The van der Waals surface area contributed by atoms with Crippen molar-refractivity contribution in [1.29, 1.82) is 0 Å². The average Bonchev–Trinajstić information content (AvgIpc) is 3.18. The molecule has 1 saturated carbocycles. The van der Waals surface area contributed by atoms with Gasteiger partial charge in [-0.3, -0.25) is 5.32 Å². The minimum absolute atomic E-state index is 0.0150. The van der Waals surface area contributed by atoms with Crippen molar-refractivity contribution in [2.24, 2.45) is 0 Å². The van der Waals surface area contributed by atoms with E-state index in [4.69, 9.17) is 0 Å². The summed E-state index contributed by atoms with van der Waals surface area (Å²) in [5.74, 6) is 0.791. The van der Waals surface area contributed by atoms with Crippen molar-refractivity contribution in [3.63, 3.8) is 0 Å². The maximum absolute atomic E-state index is 4.50. The highest BCUT2D eigenvalue weighted by atomic mass is 79.9. The number of thiazole rings is 1. The van der Waals surface area contributed by atoms with Crippen molar-refractivity contribution in [2.45, 2.75) is 31.3 Å². The molecule has 3 aromatic rings. The highest BCUT2D eigenvalue weighted by Crippen LogP contribution is 2.42. The summed E-state index contributed by atoms with van der Waals surface area (Å²) in [7, 11) is 0. The van der Waals surface area contributed by atoms with Gasteiger partial charge in [0.1, 0.15) is 5.01 Å². The van der Waals surface area contributed by atoms with Crippen LogP contribution < -0.4 is 5.32 Å². The second kappa shape index (κ2) is 6.10. The van der Waals surface area contributed by atoms with Crippen LogP contribution in [0.1, 0.15) is 30.1 Å². The molecular weight excluding hydrogens is 376 g/mol. The zero-order valence-corrected chi connectivity index (χ0v) is 14.7. The van der Waals surface area contributed by atoms with E-state index in [1.54, 1.807) is 16.0 Å². The number of rotatable bonds is 5. The van der Waals surface area contributed by atoms with Gasteiger partial charge in [0.25, 0.3) is 0 Å². The maximum Gasteiger partial charge on any atom is 0.170 e. The number of aromatic nitrogens is 5. The molecule has 1 fully saturated rings. The minimum Gasteiger partial charge on any atom is -0.298 e. The van der Waals surface area contributed by atoms with Crippen molar-refractivity contribution in [2.75, 3.05) is 0 Å². The van der Waals surface area contributed by atoms with Crippen molar-refractivity contribution in [3.8, 4) is 5.69 Å². The summed E-state index contributed by atoms with van der Waals surface area (Å²) in [5, 5.41) is 19.0. The molecule has 0 saturated heterocycles. The Hall–Kier alpha value is -1.64. The predicted octanol–water partition coefficient (Wildman–Crippen LogP) is 3.05. The minimum atomic E-state index is -0.0150. The van der Waals surface area contributed by atoms with Crippen LogP contribution in [-0.2, 0) is 12.1 Å². The van der Waals surface area contributed by atoms with Gasteiger partial charge in [-0.15, -0.1) is 16.4 Å². The van der Waals surface area contributed by atoms with Gasteiger partial charge in [0, 0.05) is 16.0 Å². The van der Waals surface area contributed by atoms with Crippen molar-refractivity contribution in [1.82, 2.24) is 30.5 Å². The lowest BCUT2D eigenvalue weighted by atomic mass is 9.77. The quantitative estimate of drug-likeness (QED) is 0.724. The van der Waals surface area contributed by atoms with Crippen molar-refractivity contribution >= 4 is 27.3 Å². The molecule has 23 heavy (non-hydrogen) atoms. The highest BCUT2D eigenvalue weighted by Gasteiger charge is 2.40. The number of nitrogens with zero attached hydrogens (tertiary/aromatic N) is 5. The summed E-state index contributed by atoms with van der Waals surface area (Å²) < 4.78 is 2.73. The van der Waals surface area contributed by atoms with Gasteiger partial charge in [0.15, 0.2) is 5.82 Å². The Labute approximate surface area is 146 Å². The molecule has 0 aliphatic heterocycles. The van der Waals surface area contributed by atoms with Gasteiger partial charge < -0.3 is 0 Å². The first kappa shape index (κ1) is 14.9. The van der Waals surface area contributed by atoms with E-state index in [0.717, 1.165) is 33.8 Å². The summed E-state index contributed by atoms with van der Waals surface area (Å²) in [6, 6.07) is 7.92. The molecular formula is C15H15BrN6S. The first-order valence-electron chi connectivity index (χ1n) is 7.46. The summed E-state index contributed by atoms with van der Waals surface area (Å²) in [6.07, 6.45) is 5.31. The average molecular weight is 391 g/mol. The largest absolute Gasteiger partial charge is 0.298 e. The molecule has 1 aliphatic carbocycles. The van der Waals surface area contributed by atoms with Gasteiger partial charge in [-0.2, -0.15) is 4.68 Å². The lowest BCUT2D eigenvalue weighted by molar-refractivity contribution is 0.181. The Morgan fingerprint density at radius 1 is 1.30 bits per heavy atom. The summed E-state index contributed by atoms with van der Waals surface area (Å²) in [4.78, 5) is 4.50. The van der Waals surface area contributed by atoms with Crippen LogP contribution in [0.5, 0.6) is 0 Å². The normalized spacial score (nSPS) is 16.2. The Morgan fingerprint density at radius 3 is 2.87 bits per heavy atom. The van der Waals surface area contributed by atoms with Crippen LogP contribution in [0, 0.1) is 0 Å². The molecule has 0 atom stereocenters. The van der Waals surface area contributed by atoms with Crippen LogP contribution in [0.2, 0.25) is 0 Å². The first-order chi connectivity index (χ1) is 11.3. The molecule has 1 aliphatic rings. The second-order valence-corrected chi connectivity index (χ2v) is 7.33. The molecule has 2 aromatic heterocycles. The van der Waals surface area contributed by atoms with Crippen LogP contribution in [0.15, 0.2) is 40.3 Å². The van der Waals surface area contributed by atoms with Gasteiger partial charge in [0.05, 0.1) is 17.8 Å². The van der Waals surface area contributed by atoms with Crippen LogP contribution in [-0.4, -0.2) is 25.2 Å². The second-order valence-electron chi connectivity index (χ2n) is 5.58. The number of tetrazole rings is 1. The molecule has 0 bridgehead atoms. The van der Waals surface area contributed by atoms with Crippen LogP contribution in [0.3, 0.4) is 0 Å². The zero-order chi connectivity index (χ0) is 15.7. The molecule has 1 N–H and O–H groups in total. The van der Waals surface area contributed by atoms with Gasteiger partial charge >= 0.3 is 0 Å². The van der Waals surface area contributed by atoms with Gasteiger partial charge in [-0.05, 0) is 57.8 Å². The molecule has 0 amide bonds. The molecule has 1 aromatic carbocycles. The third kappa shape index (κ3) is 2.71. The van der Waals surface area contributed by atoms with Crippen LogP contribution in [0.4, 0.5) is 0 Å². The molecule has 4 rings (SSSR count). The fourth-order valence-electron chi connectivity index (χ4n) is 2.83. The Bertz CT molecular complexity index is 796. The first-order valence-corrected chi connectivity index (χ1v) is 9.13. The van der Waals surface area contributed by atoms with E-state index in [2.05, 4.69) is 41.8 Å². The Balaban J connectivity index is 1.57.